The number of aliphatic carboxylic acids is 1. The number of carboxylic acids is 1. The maximum Gasteiger partial charge on any atom is 0.328 e. The lowest BCUT2D eigenvalue weighted by Gasteiger charge is -2.38. The number of nitrogens with two attached hydrogens (primary N) is 2. The van der Waals surface area contributed by atoms with Gasteiger partial charge in [0, 0.05) is 75.5 Å². The minimum absolute atomic E-state index is 0. The first-order valence-electron chi connectivity index (χ1n) is 14.9. The Morgan fingerprint density at radius 3 is 1.60 bits per heavy atom. The van der Waals surface area contributed by atoms with E-state index >= 15 is 0 Å². The molecule has 0 saturated carbocycles. The molecular weight excluding hydrogens is 707 g/mol. The van der Waals surface area contributed by atoms with E-state index in [-0.39, 0.29) is 49.2 Å². The average Bonchev–Trinajstić information content (AvgIpc) is 3.04. The number of carboxylic acid groups (broad SMARTS) is 1. The van der Waals surface area contributed by atoms with E-state index in [1.165, 1.54) is 17.8 Å². The number of pyridine rings is 4. The number of carbonyl (C=O) groups is 2. The molecule has 4 aromatic heterocycles. The third-order valence-corrected chi connectivity index (χ3v) is 6.83. The Morgan fingerprint density at radius 2 is 1.20 bits per heavy atom. The van der Waals surface area contributed by atoms with Gasteiger partial charge in [0.05, 0.1) is 25.4 Å². The van der Waals surface area contributed by atoms with Gasteiger partial charge in [-0.15, -0.1) is 37.2 Å². The number of anilines is 2. The highest BCUT2D eigenvalue weighted by atomic mass is 35.5. The SMILES string of the molecule is Cl.Cl.Cl.Nc1ccc(/C=C/C(=O)N2CC(OCc3ccncc3)C2)cn1.Nc1ccc(/C=C/C(=O)O)cn1.c1cc(COC2CNC2)ccn1. The van der Waals surface area contributed by atoms with Gasteiger partial charge in [-0.1, -0.05) is 0 Å². The van der Waals surface area contributed by atoms with Crippen molar-refractivity contribution in [2.45, 2.75) is 25.4 Å². The number of halogens is 3. The molecule has 16 heteroatoms. The summed E-state index contributed by atoms with van der Waals surface area (Å²) in [6.07, 6.45) is 16.5. The second-order valence-corrected chi connectivity index (χ2v) is 10.5. The van der Waals surface area contributed by atoms with Crippen molar-refractivity contribution in [3.63, 3.8) is 0 Å². The summed E-state index contributed by atoms with van der Waals surface area (Å²) >= 11 is 0. The zero-order valence-corrected chi connectivity index (χ0v) is 29.4. The first kappa shape index (κ1) is 43.4. The van der Waals surface area contributed by atoms with Crippen molar-refractivity contribution in [1.82, 2.24) is 30.2 Å². The quantitative estimate of drug-likeness (QED) is 0.170. The Kier molecular flexibility index (Phi) is 20.5. The molecule has 0 aliphatic carbocycles. The molecule has 2 aliphatic rings. The minimum Gasteiger partial charge on any atom is -0.478 e. The number of nitrogens with zero attached hydrogens (tertiary/aromatic N) is 5. The van der Waals surface area contributed by atoms with Gasteiger partial charge in [0.2, 0.25) is 5.91 Å². The van der Waals surface area contributed by atoms with Crippen molar-refractivity contribution >= 4 is 72.9 Å². The molecule has 2 aliphatic heterocycles. The van der Waals surface area contributed by atoms with Crippen LogP contribution in [0.5, 0.6) is 0 Å². The summed E-state index contributed by atoms with van der Waals surface area (Å²) in [6.45, 7) is 4.47. The van der Waals surface area contributed by atoms with Crippen LogP contribution in [0.15, 0.2) is 97.9 Å². The number of likely N-dealkylation sites (tertiary alicyclic amines) is 1. The molecule has 6 heterocycles. The predicted octanol–water partition coefficient (Wildman–Crippen LogP) is 4.10. The number of hydrogen-bond acceptors (Lipinski definition) is 11. The predicted molar refractivity (Wildman–Crippen MR) is 200 cm³/mol. The Balaban J connectivity index is 0.000000396. The average molecular weight is 748 g/mol. The van der Waals surface area contributed by atoms with Gasteiger partial charge in [0.1, 0.15) is 11.6 Å². The monoisotopic (exact) mass is 746 g/mol. The lowest BCUT2D eigenvalue weighted by molar-refractivity contribution is -0.140. The highest BCUT2D eigenvalue weighted by molar-refractivity contribution is 5.92. The molecule has 6 rings (SSSR count). The maximum atomic E-state index is 12.0. The van der Waals surface area contributed by atoms with Crippen molar-refractivity contribution in [3.05, 3.63) is 120 Å². The highest BCUT2D eigenvalue weighted by Gasteiger charge is 2.30. The normalized spacial score (nSPS) is 13.5. The number of amides is 1. The Labute approximate surface area is 309 Å². The molecule has 0 spiro atoms. The third-order valence-electron chi connectivity index (χ3n) is 6.83. The molecule has 0 unspecified atom stereocenters. The maximum absolute atomic E-state index is 12.0. The third kappa shape index (κ3) is 16.2. The zero-order valence-electron chi connectivity index (χ0n) is 27.0. The number of carbonyl (C=O) groups excluding carboxylic acids is 1. The summed E-state index contributed by atoms with van der Waals surface area (Å²) < 4.78 is 11.3. The molecule has 2 fully saturated rings. The molecule has 13 nitrogen and oxygen atoms in total. The van der Waals surface area contributed by atoms with E-state index in [4.69, 9.17) is 26.0 Å². The van der Waals surface area contributed by atoms with E-state index in [1.54, 1.807) is 66.2 Å². The number of nitrogens with one attached hydrogen (secondary N) is 1. The van der Waals surface area contributed by atoms with Crippen molar-refractivity contribution < 1.29 is 24.2 Å². The van der Waals surface area contributed by atoms with Gasteiger partial charge in [-0.2, -0.15) is 0 Å². The van der Waals surface area contributed by atoms with E-state index in [2.05, 4.69) is 25.3 Å². The molecule has 0 bridgehead atoms. The Morgan fingerprint density at radius 1 is 0.740 bits per heavy atom. The summed E-state index contributed by atoms with van der Waals surface area (Å²) in [5.41, 5.74) is 14.7. The van der Waals surface area contributed by atoms with Crippen LogP contribution in [0.1, 0.15) is 22.3 Å². The molecule has 0 aromatic carbocycles. The summed E-state index contributed by atoms with van der Waals surface area (Å²) in [4.78, 5) is 39.5. The minimum atomic E-state index is -0.980. The summed E-state index contributed by atoms with van der Waals surface area (Å²) in [6, 6.07) is 14.6. The van der Waals surface area contributed by atoms with Crippen LogP contribution in [0.25, 0.3) is 12.2 Å². The second-order valence-electron chi connectivity index (χ2n) is 10.5. The van der Waals surface area contributed by atoms with Crippen LogP contribution < -0.4 is 16.8 Å². The van der Waals surface area contributed by atoms with Crippen molar-refractivity contribution in [2.24, 2.45) is 0 Å². The van der Waals surface area contributed by atoms with Gasteiger partial charge in [0.25, 0.3) is 0 Å². The van der Waals surface area contributed by atoms with E-state index in [9.17, 15) is 9.59 Å². The molecule has 4 aromatic rings. The Hall–Kier alpha value is -4.63. The van der Waals surface area contributed by atoms with Crippen molar-refractivity contribution in [3.8, 4) is 0 Å². The molecule has 1 amide bonds. The topological polar surface area (TPSA) is 192 Å². The van der Waals surface area contributed by atoms with E-state index < -0.39 is 5.97 Å². The lowest BCUT2D eigenvalue weighted by Crippen LogP contribution is -2.54. The molecule has 0 radical (unpaired) electrons. The fourth-order valence-electron chi connectivity index (χ4n) is 3.96. The van der Waals surface area contributed by atoms with E-state index in [0.717, 1.165) is 30.3 Å². The van der Waals surface area contributed by atoms with Gasteiger partial charge >= 0.3 is 5.97 Å². The van der Waals surface area contributed by atoms with Crippen molar-refractivity contribution in [1.29, 1.82) is 0 Å². The summed E-state index contributed by atoms with van der Waals surface area (Å²) in [5, 5.41) is 11.5. The first-order valence-corrected chi connectivity index (χ1v) is 14.9. The number of hydrogen-bond donors (Lipinski definition) is 4. The fourth-order valence-corrected chi connectivity index (χ4v) is 3.96. The number of nitrogen functional groups attached to an aromatic ring is 2. The second kappa shape index (κ2) is 23.7. The fraction of sp³-hybridized carbons (Fsp3) is 0.235. The summed E-state index contributed by atoms with van der Waals surface area (Å²) in [7, 11) is 0. The molecule has 268 valence electrons. The lowest BCUT2D eigenvalue weighted by atomic mass is 10.1. The molecule has 50 heavy (non-hydrogen) atoms. The standard InChI is InChI=1S/C17H18N4O2.C9H12N2O.C8H8N2O2.3ClH/c18-16-3-1-13(9-20-16)2-4-17(22)21-10-15(11-21)23-12-14-5-7-19-8-6-14;1-3-10-4-2-8(1)7-12-9-5-11-6-9;9-7-3-1-6(5-10-7)2-4-8(11)12;;;/h1-9,15H,10-12H2,(H2,18,20);1-4,9,11H,5-7H2;1-5H,(H2,9,10)(H,11,12);3*1H/b4-2+;;4-2+;;;. The van der Waals surface area contributed by atoms with Crippen LogP contribution in [0.2, 0.25) is 0 Å². The first-order chi connectivity index (χ1) is 22.8. The highest BCUT2D eigenvalue weighted by Crippen LogP contribution is 2.15. The van der Waals surface area contributed by atoms with Crippen LogP contribution in [0.4, 0.5) is 11.6 Å². The van der Waals surface area contributed by atoms with Crippen LogP contribution in [0.3, 0.4) is 0 Å². The number of ether oxygens (including phenoxy) is 2. The van der Waals surface area contributed by atoms with E-state index in [0.29, 0.717) is 49.6 Å². The largest absolute Gasteiger partial charge is 0.478 e. The van der Waals surface area contributed by atoms with Crippen LogP contribution >= 0.6 is 37.2 Å². The smallest absolute Gasteiger partial charge is 0.328 e. The van der Waals surface area contributed by atoms with Crippen molar-refractivity contribution in [2.75, 3.05) is 37.6 Å². The van der Waals surface area contributed by atoms with Gasteiger partial charge in [-0.05, 0) is 82.9 Å². The van der Waals surface area contributed by atoms with Gasteiger partial charge < -0.3 is 36.3 Å². The van der Waals surface area contributed by atoms with Crippen LogP contribution in [0, 0.1) is 0 Å². The van der Waals surface area contributed by atoms with Crippen LogP contribution in [-0.4, -0.2) is 80.2 Å². The Bertz CT molecular complexity index is 1590. The zero-order chi connectivity index (χ0) is 33.3. The molecule has 2 saturated heterocycles. The van der Waals surface area contributed by atoms with E-state index in [1.807, 2.05) is 30.3 Å². The summed E-state index contributed by atoms with van der Waals surface area (Å²) in [5.74, 6) is -0.120. The van der Waals surface area contributed by atoms with Gasteiger partial charge in [-0.3, -0.25) is 14.8 Å². The number of rotatable bonds is 10. The number of aromatic nitrogens is 4. The van der Waals surface area contributed by atoms with Crippen LogP contribution in [-0.2, 0) is 32.3 Å². The molecule has 0 atom stereocenters. The molecule has 6 N–H and O–H groups in total. The van der Waals surface area contributed by atoms with Gasteiger partial charge in [-0.25, -0.2) is 14.8 Å². The molecular formula is C34H41Cl3N8O5. The van der Waals surface area contributed by atoms with Gasteiger partial charge in [0.15, 0.2) is 0 Å².